The molecule has 0 amide bonds. The van der Waals surface area contributed by atoms with Crippen molar-refractivity contribution in [2.45, 2.75) is 86.6 Å². The van der Waals surface area contributed by atoms with Gasteiger partial charge in [-0.3, -0.25) is 9.69 Å². The van der Waals surface area contributed by atoms with Crippen molar-refractivity contribution >= 4 is 11.9 Å². The SMILES string of the molecule is CCOC(=O)C(C)(C)Oc1c(C)cc(CN(CC(=O)OC(C)(C)C)Cc2cn(-c3ccccc3)nc2C)cc1C. The summed E-state index contributed by atoms with van der Waals surface area (Å²) in [4.78, 5) is 27.3. The number of carbonyl (C=O) groups is 2. The van der Waals surface area contributed by atoms with Crippen molar-refractivity contribution in [2.24, 2.45) is 0 Å². The zero-order valence-electron chi connectivity index (χ0n) is 25.3. The van der Waals surface area contributed by atoms with E-state index in [2.05, 4.69) is 4.90 Å². The molecule has 1 heterocycles. The van der Waals surface area contributed by atoms with E-state index in [-0.39, 0.29) is 12.5 Å². The molecule has 8 heteroatoms. The van der Waals surface area contributed by atoms with Crippen LogP contribution in [0.5, 0.6) is 5.75 Å². The lowest BCUT2D eigenvalue weighted by molar-refractivity contribution is -0.159. The van der Waals surface area contributed by atoms with Gasteiger partial charge >= 0.3 is 11.9 Å². The van der Waals surface area contributed by atoms with Crippen LogP contribution in [0.1, 0.15) is 69.5 Å². The number of nitrogens with zero attached hydrogens (tertiary/aromatic N) is 3. The second-order valence-electron chi connectivity index (χ2n) is 11.6. The summed E-state index contributed by atoms with van der Waals surface area (Å²) in [6.07, 6.45) is 2.01. The predicted octanol–water partition coefficient (Wildman–Crippen LogP) is 5.86. The van der Waals surface area contributed by atoms with Crippen LogP contribution in [0.4, 0.5) is 0 Å². The Bertz CT molecular complexity index is 1300. The van der Waals surface area contributed by atoms with Crippen LogP contribution in [0, 0.1) is 20.8 Å². The third-order valence-corrected chi connectivity index (χ3v) is 6.24. The van der Waals surface area contributed by atoms with E-state index >= 15 is 0 Å². The minimum atomic E-state index is -1.12. The molecule has 0 N–H and O–H groups in total. The standard InChI is InChI=1S/C32H43N3O5/c1-10-38-30(37)32(8,9)40-29-22(2)16-25(17-23(29)3)18-34(21-28(36)39-31(5,6)7)19-26-20-35(33-24(26)4)27-14-12-11-13-15-27/h11-17,20H,10,18-19,21H2,1-9H3. The van der Waals surface area contributed by atoms with Gasteiger partial charge < -0.3 is 14.2 Å². The second kappa shape index (κ2) is 12.7. The largest absolute Gasteiger partial charge is 0.476 e. The average molecular weight is 550 g/mol. The third kappa shape index (κ3) is 8.42. The van der Waals surface area contributed by atoms with Gasteiger partial charge in [-0.2, -0.15) is 5.10 Å². The summed E-state index contributed by atoms with van der Waals surface area (Å²) in [7, 11) is 0. The van der Waals surface area contributed by atoms with Crippen LogP contribution < -0.4 is 4.74 Å². The topological polar surface area (TPSA) is 82.9 Å². The zero-order valence-corrected chi connectivity index (χ0v) is 25.3. The number of hydrogen-bond donors (Lipinski definition) is 0. The van der Waals surface area contributed by atoms with E-state index in [9.17, 15) is 9.59 Å². The molecule has 0 saturated carbocycles. The molecule has 0 unspecified atom stereocenters. The number of ether oxygens (including phenoxy) is 3. The number of para-hydroxylation sites is 1. The summed E-state index contributed by atoms with van der Waals surface area (Å²) in [6, 6.07) is 14.0. The lowest BCUT2D eigenvalue weighted by Crippen LogP contribution is -2.40. The van der Waals surface area contributed by atoms with Crippen molar-refractivity contribution in [3.63, 3.8) is 0 Å². The molecule has 40 heavy (non-hydrogen) atoms. The summed E-state index contributed by atoms with van der Waals surface area (Å²) in [5.74, 6) is -0.0431. The van der Waals surface area contributed by atoms with Crippen LogP contribution in [-0.4, -0.2) is 51.0 Å². The van der Waals surface area contributed by atoms with E-state index in [1.807, 2.05) is 94.9 Å². The molecule has 0 bridgehead atoms. The Morgan fingerprint density at radius 2 is 1.57 bits per heavy atom. The molecule has 3 rings (SSSR count). The number of aryl methyl sites for hydroxylation is 3. The summed E-state index contributed by atoms with van der Waals surface area (Å²) in [5, 5.41) is 4.70. The first-order chi connectivity index (χ1) is 18.7. The van der Waals surface area contributed by atoms with E-state index in [4.69, 9.17) is 19.3 Å². The average Bonchev–Trinajstić information content (AvgIpc) is 3.21. The molecule has 8 nitrogen and oxygen atoms in total. The molecule has 0 aliphatic carbocycles. The van der Waals surface area contributed by atoms with Crippen molar-refractivity contribution in [1.82, 2.24) is 14.7 Å². The fraction of sp³-hybridized carbons (Fsp3) is 0.469. The van der Waals surface area contributed by atoms with Gasteiger partial charge in [0.15, 0.2) is 5.60 Å². The van der Waals surface area contributed by atoms with E-state index < -0.39 is 17.2 Å². The van der Waals surface area contributed by atoms with Gasteiger partial charge in [0, 0.05) is 24.8 Å². The smallest absolute Gasteiger partial charge is 0.349 e. The van der Waals surface area contributed by atoms with Gasteiger partial charge in [0.2, 0.25) is 0 Å². The Balaban J connectivity index is 1.87. The zero-order chi connectivity index (χ0) is 29.7. The van der Waals surface area contributed by atoms with Gasteiger partial charge in [0.05, 0.1) is 24.5 Å². The minimum absolute atomic E-state index is 0.124. The van der Waals surface area contributed by atoms with Crippen LogP contribution in [-0.2, 0) is 32.2 Å². The highest BCUT2D eigenvalue weighted by atomic mass is 16.6. The maximum atomic E-state index is 12.9. The summed E-state index contributed by atoms with van der Waals surface area (Å²) in [6.45, 7) is 18.1. The Kier molecular flexibility index (Phi) is 9.79. The number of rotatable bonds is 11. The first-order valence-corrected chi connectivity index (χ1v) is 13.7. The van der Waals surface area contributed by atoms with Crippen LogP contribution >= 0.6 is 0 Å². The van der Waals surface area contributed by atoms with Crippen LogP contribution in [0.15, 0.2) is 48.7 Å². The molecule has 216 valence electrons. The van der Waals surface area contributed by atoms with E-state index in [1.165, 1.54) is 0 Å². The number of esters is 2. The Morgan fingerprint density at radius 3 is 2.15 bits per heavy atom. The van der Waals surface area contributed by atoms with E-state index in [1.54, 1.807) is 20.8 Å². The molecule has 3 aromatic rings. The lowest BCUT2D eigenvalue weighted by atomic mass is 10.0. The van der Waals surface area contributed by atoms with Crippen molar-refractivity contribution < 1.29 is 23.8 Å². The van der Waals surface area contributed by atoms with Crippen molar-refractivity contribution in [3.05, 3.63) is 76.6 Å². The van der Waals surface area contributed by atoms with Gasteiger partial charge in [0.25, 0.3) is 0 Å². The first-order valence-electron chi connectivity index (χ1n) is 13.7. The van der Waals surface area contributed by atoms with E-state index in [0.717, 1.165) is 33.6 Å². The third-order valence-electron chi connectivity index (χ3n) is 6.24. The highest BCUT2D eigenvalue weighted by Crippen LogP contribution is 2.30. The quantitative estimate of drug-likeness (QED) is 0.277. The Labute approximate surface area is 238 Å². The lowest BCUT2D eigenvalue weighted by Gasteiger charge is -2.27. The monoisotopic (exact) mass is 549 g/mol. The molecule has 1 aromatic heterocycles. The number of carbonyl (C=O) groups excluding carboxylic acids is 2. The van der Waals surface area contributed by atoms with Gasteiger partial charge in [-0.1, -0.05) is 30.3 Å². The maximum absolute atomic E-state index is 12.9. The van der Waals surface area contributed by atoms with Crippen molar-refractivity contribution in [3.8, 4) is 11.4 Å². The molecule has 0 radical (unpaired) electrons. The molecule has 0 fully saturated rings. The highest BCUT2D eigenvalue weighted by Gasteiger charge is 2.32. The van der Waals surface area contributed by atoms with Crippen LogP contribution in [0.25, 0.3) is 5.69 Å². The fourth-order valence-electron chi connectivity index (χ4n) is 4.48. The predicted molar refractivity (Wildman–Crippen MR) is 156 cm³/mol. The Hall–Kier alpha value is -3.65. The maximum Gasteiger partial charge on any atom is 0.349 e. The molecule has 2 aromatic carbocycles. The Morgan fingerprint density at radius 1 is 0.950 bits per heavy atom. The van der Waals surface area contributed by atoms with Crippen molar-refractivity contribution in [1.29, 1.82) is 0 Å². The first kappa shape index (κ1) is 30.9. The minimum Gasteiger partial charge on any atom is -0.476 e. The van der Waals surface area contributed by atoms with E-state index in [0.29, 0.717) is 25.4 Å². The molecular formula is C32H43N3O5. The van der Waals surface area contributed by atoms with Gasteiger partial charge in [-0.15, -0.1) is 0 Å². The van der Waals surface area contributed by atoms with Gasteiger partial charge in [0.1, 0.15) is 11.4 Å². The van der Waals surface area contributed by atoms with Crippen LogP contribution in [0.2, 0.25) is 0 Å². The summed E-state index contributed by atoms with van der Waals surface area (Å²) < 4.78 is 18.8. The van der Waals surface area contributed by atoms with Gasteiger partial charge in [-0.05, 0) is 91.1 Å². The highest BCUT2D eigenvalue weighted by molar-refractivity contribution is 5.79. The molecule has 0 aliphatic rings. The molecule has 0 atom stereocenters. The number of benzene rings is 2. The van der Waals surface area contributed by atoms with Gasteiger partial charge in [-0.25, -0.2) is 9.48 Å². The normalized spacial score (nSPS) is 11.9. The number of aromatic nitrogens is 2. The molecule has 0 spiro atoms. The molecule has 0 aliphatic heterocycles. The second-order valence-corrected chi connectivity index (χ2v) is 11.6. The van der Waals surface area contributed by atoms with Crippen molar-refractivity contribution in [2.75, 3.05) is 13.2 Å². The summed E-state index contributed by atoms with van der Waals surface area (Å²) >= 11 is 0. The molecular weight excluding hydrogens is 506 g/mol. The number of hydrogen-bond acceptors (Lipinski definition) is 7. The fourth-order valence-corrected chi connectivity index (χ4v) is 4.48. The molecule has 0 saturated heterocycles. The summed E-state index contributed by atoms with van der Waals surface area (Å²) in [5.41, 5.74) is 4.03. The van der Waals surface area contributed by atoms with Crippen LogP contribution in [0.3, 0.4) is 0 Å².